The van der Waals surface area contributed by atoms with Gasteiger partial charge in [-0.15, -0.1) is 0 Å². The summed E-state index contributed by atoms with van der Waals surface area (Å²) in [4.78, 5) is 10.3. The van der Waals surface area contributed by atoms with Crippen LogP contribution < -0.4 is 0 Å². The van der Waals surface area contributed by atoms with Gasteiger partial charge in [-0.3, -0.25) is 0 Å². The lowest BCUT2D eigenvalue weighted by atomic mass is 10.1. The van der Waals surface area contributed by atoms with E-state index in [0.717, 1.165) is 12.1 Å². The first-order chi connectivity index (χ1) is 6.02. The molecule has 0 amide bonds. The summed E-state index contributed by atoms with van der Waals surface area (Å²) in [5.41, 5.74) is 0.0545. The Morgan fingerprint density at radius 1 is 1.54 bits per heavy atom. The van der Waals surface area contributed by atoms with Crippen molar-refractivity contribution in [2.75, 3.05) is 0 Å². The molecule has 5 heteroatoms. The van der Waals surface area contributed by atoms with Gasteiger partial charge in [0.05, 0.1) is 5.02 Å². The van der Waals surface area contributed by atoms with Gasteiger partial charge in [0, 0.05) is 0 Å². The Morgan fingerprint density at radius 2 is 2.15 bits per heavy atom. The fourth-order valence-corrected chi connectivity index (χ4v) is 1.01. The summed E-state index contributed by atoms with van der Waals surface area (Å²) in [6, 6.07) is 3.25. The van der Waals surface area contributed by atoms with Gasteiger partial charge >= 0.3 is 5.97 Å². The average Bonchev–Trinajstić information content (AvgIpc) is 2.08. The molecule has 1 aromatic carbocycles. The van der Waals surface area contributed by atoms with Gasteiger partial charge in [-0.1, -0.05) is 17.7 Å². The number of carboxylic acid groups (broad SMARTS) is 1. The molecular weight excluding hydrogens is 199 g/mol. The normalized spacial score (nSPS) is 12.5. The lowest BCUT2D eigenvalue weighted by Gasteiger charge is -2.05. The zero-order valence-electron chi connectivity index (χ0n) is 6.37. The molecule has 0 radical (unpaired) electrons. The summed E-state index contributed by atoms with van der Waals surface area (Å²) < 4.78 is 12.6. The first-order valence-corrected chi connectivity index (χ1v) is 3.76. The maximum atomic E-state index is 12.6. The lowest BCUT2D eigenvalue weighted by molar-refractivity contribution is -0.146. The fraction of sp³-hybridized carbons (Fsp3) is 0.125. The molecule has 0 aliphatic rings. The minimum absolute atomic E-state index is 0.0545. The van der Waals surface area contributed by atoms with Crippen molar-refractivity contribution in [3.63, 3.8) is 0 Å². The number of rotatable bonds is 2. The van der Waals surface area contributed by atoms with Crippen molar-refractivity contribution in [1.29, 1.82) is 0 Å². The highest BCUT2D eigenvalue weighted by Gasteiger charge is 2.16. The van der Waals surface area contributed by atoms with Gasteiger partial charge in [-0.2, -0.15) is 0 Å². The smallest absolute Gasteiger partial charge is 0.337 e. The monoisotopic (exact) mass is 204 g/mol. The van der Waals surface area contributed by atoms with Crippen molar-refractivity contribution < 1.29 is 19.4 Å². The third-order valence-corrected chi connectivity index (χ3v) is 1.78. The van der Waals surface area contributed by atoms with Crippen LogP contribution in [0.3, 0.4) is 0 Å². The Bertz CT molecular complexity index is 340. The van der Waals surface area contributed by atoms with Crippen molar-refractivity contribution in [2.24, 2.45) is 0 Å². The number of hydrogen-bond acceptors (Lipinski definition) is 2. The summed E-state index contributed by atoms with van der Waals surface area (Å²) in [7, 11) is 0. The van der Waals surface area contributed by atoms with Crippen LogP contribution in [0.1, 0.15) is 11.7 Å². The third kappa shape index (κ3) is 2.17. The second-order valence-electron chi connectivity index (χ2n) is 2.41. The van der Waals surface area contributed by atoms with Gasteiger partial charge in [0.2, 0.25) is 0 Å². The Hall–Kier alpha value is -1.13. The highest BCUT2D eigenvalue weighted by Crippen LogP contribution is 2.20. The Balaban J connectivity index is 3.03. The summed E-state index contributed by atoms with van der Waals surface area (Å²) in [5.74, 6) is -2.05. The molecule has 0 saturated carbocycles. The van der Waals surface area contributed by atoms with Crippen LogP contribution in [-0.4, -0.2) is 16.2 Å². The summed E-state index contributed by atoms with van der Waals surface area (Å²) in [6.45, 7) is 0. The van der Waals surface area contributed by atoms with E-state index in [9.17, 15) is 9.18 Å². The molecule has 70 valence electrons. The van der Waals surface area contributed by atoms with Crippen LogP contribution in [0, 0.1) is 5.82 Å². The molecule has 0 bridgehead atoms. The van der Waals surface area contributed by atoms with Crippen molar-refractivity contribution in [2.45, 2.75) is 6.10 Å². The van der Waals surface area contributed by atoms with Gasteiger partial charge in [-0.05, 0) is 17.7 Å². The summed E-state index contributed by atoms with van der Waals surface area (Å²) in [6.07, 6.45) is -1.67. The quantitative estimate of drug-likeness (QED) is 0.769. The zero-order chi connectivity index (χ0) is 10.0. The molecule has 0 unspecified atom stereocenters. The average molecular weight is 205 g/mol. The van der Waals surface area contributed by atoms with Crippen LogP contribution in [0.25, 0.3) is 0 Å². The van der Waals surface area contributed by atoms with Gasteiger partial charge < -0.3 is 10.2 Å². The molecule has 1 rings (SSSR count). The van der Waals surface area contributed by atoms with Crippen LogP contribution in [0.2, 0.25) is 5.02 Å². The highest BCUT2D eigenvalue weighted by molar-refractivity contribution is 6.30. The molecule has 1 aromatic rings. The fourth-order valence-electron chi connectivity index (χ4n) is 0.825. The predicted octanol–water partition coefficient (Wildman–Crippen LogP) is 1.60. The SMILES string of the molecule is O=C(O)[C@H](O)c1ccc(F)c(Cl)c1. The summed E-state index contributed by atoms with van der Waals surface area (Å²) in [5, 5.41) is 17.2. The molecule has 13 heavy (non-hydrogen) atoms. The van der Waals surface area contributed by atoms with E-state index in [-0.39, 0.29) is 10.6 Å². The van der Waals surface area contributed by atoms with E-state index in [1.54, 1.807) is 0 Å². The second-order valence-corrected chi connectivity index (χ2v) is 2.82. The summed E-state index contributed by atoms with van der Waals surface area (Å²) >= 11 is 5.38. The number of benzene rings is 1. The van der Waals surface area contributed by atoms with Gasteiger partial charge in [0.25, 0.3) is 0 Å². The Kier molecular flexibility index (Phi) is 2.85. The van der Waals surface area contributed by atoms with E-state index < -0.39 is 17.9 Å². The first-order valence-electron chi connectivity index (χ1n) is 3.38. The predicted molar refractivity (Wildman–Crippen MR) is 44.0 cm³/mol. The molecule has 0 heterocycles. The number of carboxylic acids is 1. The molecule has 0 aromatic heterocycles. The van der Waals surface area contributed by atoms with Crippen LogP contribution in [0.15, 0.2) is 18.2 Å². The van der Waals surface area contributed by atoms with Crippen LogP contribution in [-0.2, 0) is 4.79 Å². The minimum Gasteiger partial charge on any atom is -0.479 e. The van der Waals surface area contributed by atoms with Crippen molar-refractivity contribution in [1.82, 2.24) is 0 Å². The molecule has 0 fully saturated rings. The molecule has 0 aliphatic carbocycles. The molecular formula is C8H6ClFO3. The Labute approximate surface area is 78.4 Å². The number of hydrogen-bond donors (Lipinski definition) is 2. The molecule has 0 spiro atoms. The highest BCUT2D eigenvalue weighted by atomic mass is 35.5. The first kappa shape index (κ1) is 9.95. The number of halogens is 2. The molecule has 0 saturated heterocycles. The van der Waals surface area contributed by atoms with Crippen molar-refractivity contribution >= 4 is 17.6 Å². The largest absolute Gasteiger partial charge is 0.479 e. The number of aliphatic hydroxyl groups is 1. The van der Waals surface area contributed by atoms with Crippen LogP contribution >= 0.6 is 11.6 Å². The number of aliphatic carboxylic acids is 1. The van der Waals surface area contributed by atoms with Crippen molar-refractivity contribution in [3.8, 4) is 0 Å². The van der Waals surface area contributed by atoms with Gasteiger partial charge in [0.1, 0.15) is 5.82 Å². The minimum atomic E-state index is -1.67. The van der Waals surface area contributed by atoms with E-state index in [2.05, 4.69) is 0 Å². The molecule has 2 N–H and O–H groups in total. The maximum absolute atomic E-state index is 12.6. The van der Waals surface area contributed by atoms with Gasteiger partial charge in [-0.25, -0.2) is 9.18 Å². The Morgan fingerprint density at radius 3 is 2.62 bits per heavy atom. The van der Waals surface area contributed by atoms with Gasteiger partial charge in [0.15, 0.2) is 6.10 Å². The lowest BCUT2D eigenvalue weighted by Crippen LogP contribution is -2.10. The van der Waals surface area contributed by atoms with Crippen LogP contribution in [0.5, 0.6) is 0 Å². The second kappa shape index (κ2) is 3.72. The molecule has 3 nitrogen and oxygen atoms in total. The van der Waals surface area contributed by atoms with Crippen molar-refractivity contribution in [3.05, 3.63) is 34.6 Å². The molecule has 1 atom stereocenters. The maximum Gasteiger partial charge on any atom is 0.337 e. The number of carbonyl (C=O) groups is 1. The standard InChI is InChI=1S/C8H6ClFO3/c9-5-3-4(1-2-6(5)10)7(11)8(12)13/h1-3,7,11H,(H,12,13)/t7-/m1/s1. The van der Waals surface area contributed by atoms with E-state index in [1.165, 1.54) is 6.07 Å². The molecule has 0 aliphatic heterocycles. The van der Waals surface area contributed by atoms with Crippen LogP contribution in [0.4, 0.5) is 4.39 Å². The zero-order valence-corrected chi connectivity index (χ0v) is 7.12. The third-order valence-electron chi connectivity index (χ3n) is 1.49. The topological polar surface area (TPSA) is 57.5 Å². The van der Waals surface area contributed by atoms with E-state index in [0.29, 0.717) is 0 Å². The van der Waals surface area contributed by atoms with E-state index in [1.807, 2.05) is 0 Å². The van der Waals surface area contributed by atoms with E-state index >= 15 is 0 Å². The van der Waals surface area contributed by atoms with E-state index in [4.69, 9.17) is 21.8 Å². The number of aliphatic hydroxyl groups excluding tert-OH is 1.